The third-order valence-electron chi connectivity index (χ3n) is 3.53. The molecule has 100 valence electrons. The van der Waals surface area contributed by atoms with Crippen LogP contribution in [-0.2, 0) is 16.5 Å². The van der Waals surface area contributed by atoms with Crippen LogP contribution in [0, 0.1) is 0 Å². The first kappa shape index (κ1) is 11.6. The molecule has 1 aliphatic rings. The van der Waals surface area contributed by atoms with Crippen LogP contribution in [0.3, 0.4) is 0 Å². The first-order valence-corrected chi connectivity index (χ1v) is 7.40. The van der Waals surface area contributed by atoms with Gasteiger partial charge in [-0.1, -0.05) is 6.07 Å². The molecule has 0 fully saturated rings. The van der Waals surface area contributed by atoms with Crippen molar-refractivity contribution in [2.75, 3.05) is 0 Å². The third-order valence-corrected chi connectivity index (χ3v) is 4.38. The Bertz CT molecular complexity index is 960. The van der Waals surface area contributed by atoms with Gasteiger partial charge in [-0.25, -0.2) is 4.98 Å². The highest BCUT2D eigenvalue weighted by molar-refractivity contribution is 7.85. The van der Waals surface area contributed by atoms with Crippen LogP contribution < -0.4 is 0 Å². The zero-order chi connectivity index (χ0) is 13.9. The Kier molecular flexibility index (Phi) is 2.11. The van der Waals surface area contributed by atoms with E-state index in [4.69, 9.17) is 4.55 Å². The van der Waals surface area contributed by atoms with Gasteiger partial charge >= 0.3 is 0 Å². The number of hydrogen-bond acceptors (Lipinski definition) is 4. The third kappa shape index (κ3) is 1.50. The predicted molar refractivity (Wildman–Crippen MR) is 71.0 cm³/mol. The minimum Gasteiger partial charge on any atom is -0.300 e. The van der Waals surface area contributed by atoms with E-state index in [-0.39, 0.29) is 4.90 Å². The molecule has 1 N–H and O–H groups in total. The molecule has 0 saturated heterocycles. The van der Waals surface area contributed by atoms with Gasteiger partial charge in [0.2, 0.25) is 0 Å². The van der Waals surface area contributed by atoms with E-state index in [1.54, 1.807) is 18.5 Å². The summed E-state index contributed by atoms with van der Waals surface area (Å²) in [6, 6.07) is 4.57. The lowest BCUT2D eigenvalue weighted by Crippen LogP contribution is -1.98. The largest absolute Gasteiger partial charge is 0.300 e. The quantitative estimate of drug-likeness (QED) is 0.537. The number of hydrogen-bond donors (Lipinski definition) is 1. The molecule has 0 unspecified atom stereocenters. The Balaban J connectivity index is 1.97. The predicted octanol–water partition coefficient (Wildman–Crippen LogP) is 1.55. The van der Waals surface area contributed by atoms with Crippen molar-refractivity contribution in [1.29, 1.82) is 0 Å². The maximum atomic E-state index is 11.2. The van der Waals surface area contributed by atoms with E-state index in [1.807, 2.05) is 10.6 Å². The second-order valence-corrected chi connectivity index (χ2v) is 6.10. The van der Waals surface area contributed by atoms with E-state index in [9.17, 15) is 8.42 Å². The summed E-state index contributed by atoms with van der Waals surface area (Å²) in [6.45, 7) is 0. The summed E-state index contributed by atoms with van der Waals surface area (Å²) in [5.74, 6) is 0. The fourth-order valence-electron chi connectivity index (χ4n) is 2.63. The minimum absolute atomic E-state index is 0.0917. The molecule has 6 nitrogen and oxygen atoms in total. The Morgan fingerprint density at radius 1 is 1.25 bits per heavy atom. The highest BCUT2D eigenvalue weighted by atomic mass is 32.2. The van der Waals surface area contributed by atoms with Gasteiger partial charge < -0.3 is 4.40 Å². The number of nitrogens with zero attached hydrogens (tertiary/aromatic N) is 3. The van der Waals surface area contributed by atoms with Gasteiger partial charge in [0.05, 0.1) is 22.5 Å². The fourth-order valence-corrected chi connectivity index (χ4v) is 3.16. The average molecular weight is 287 g/mol. The second-order valence-electron chi connectivity index (χ2n) is 4.68. The number of rotatable bonds is 1. The molecule has 2 aromatic heterocycles. The highest BCUT2D eigenvalue weighted by Crippen LogP contribution is 2.36. The van der Waals surface area contributed by atoms with Gasteiger partial charge in [-0.15, -0.1) is 0 Å². The van der Waals surface area contributed by atoms with Crippen molar-refractivity contribution in [3.8, 4) is 11.3 Å². The second kappa shape index (κ2) is 3.65. The van der Waals surface area contributed by atoms with E-state index in [0.717, 1.165) is 28.2 Å². The highest BCUT2D eigenvalue weighted by Gasteiger charge is 2.24. The van der Waals surface area contributed by atoms with Crippen LogP contribution in [-0.4, -0.2) is 27.3 Å². The molecule has 0 bridgehead atoms. The van der Waals surface area contributed by atoms with Crippen molar-refractivity contribution in [1.82, 2.24) is 14.4 Å². The molecular formula is C13H9N3O3S. The van der Waals surface area contributed by atoms with Crippen molar-refractivity contribution >= 4 is 15.8 Å². The van der Waals surface area contributed by atoms with Crippen LogP contribution in [0.2, 0.25) is 0 Å². The number of benzene rings is 1. The standard InChI is InChI=1S/C13H9N3O3S/c17-20(18,19)9-1-2-10-8(5-9)6-11-13(10)15-7-12-14-3-4-16(11)12/h1-5,7H,6H2,(H,17,18,19). The molecule has 20 heavy (non-hydrogen) atoms. The van der Waals surface area contributed by atoms with Crippen molar-refractivity contribution < 1.29 is 13.0 Å². The molecule has 0 atom stereocenters. The summed E-state index contributed by atoms with van der Waals surface area (Å²) in [5.41, 5.74) is 4.29. The van der Waals surface area contributed by atoms with Crippen molar-refractivity contribution in [2.24, 2.45) is 0 Å². The summed E-state index contributed by atoms with van der Waals surface area (Å²) in [5, 5.41) is 0. The molecule has 7 heteroatoms. The van der Waals surface area contributed by atoms with E-state index in [2.05, 4.69) is 9.97 Å². The molecule has 1 aliphatic carbocycles. The van der Waals surface area contributed by atoms with Gasteiger partial charge in [0.25, 0.3) is 10.1 Å². The van der Waals surface area contributed by atoms with E-state index >= 15 is 0 Å². The zero-order valence-corrected chi connectivity index (χ0v) is 11.0. The van der Waals surface area contributed by atoms with E-state index in [1.165, 1.54) is 12.1 Å². The van der Waals surface area contributed by atoms with Gasteiger partial charge in [0.15, 0.2) is 5.65 Å². The maximum Gasteiger partial charge on any atom is 0.294 e. The Morgan fingerprint density at radius 3 is 2.90 bits per heavy atom. The molecule has 0 spiro atoms. The molecule has 0 saturated carbocycles. The van der Waals surface area contributed by atoms with Crippen LogP contribution in [0.15, 0.2) is 41.7 Å². The first-order valence-electron chi connectivity index (χ1n) is 5.96. The normalized spacial score (nSPS) is 13.4. The van der Waals surface area contributed by atoms with Crippen LogP contribution in [0.5, 0.6) is 0 Å². The molecule has 0 amide bonds. The topological polar surface area (TPSA) is 84.6 Å². The van der Waals surface area contributed by atoms with Crippen LogP contribution >= 0.6 is 0 Å². The van der Waals surface area contributed by atoms with E-state index in [0.29, 0.717) is 6.42 Å². The number of aromatic nitrogens is 3. The van der Waals surface area contributed by atoms with Crippen molar-refractivity contribution in [2.45, 2.75) is 11.3 Å². The average Bonchev–Trinajstić information content (AvgIpc) is 3.00. The Morgan fingerprint density at radius 2 is 2.10 bits per heavy atom. The molecule has 0 radical (unpaired) electrons. The maximum absolute atomic E-state index is 11.2. The summed E-state index contributed by atoms with van der Waals surface area (Å²) in [7, 11) is -4.18. The Labute approximate surface area is 114 Å². The van der Waals surface area contributed by atoms with Crippen LogP contribution in [0.1, 0.15) is 11.3 Å². The summed E-state index contributed by atoms with van der Waals surface area (Å²) in [6.07, 6.45) is 5.80. The number of fused-ring (bicyclic) bond motifs is 5. The lowest BCUT2D eigenvalue weighted by Gasteiger charge is -2.02. The molecule has 4 rings (SSSR count). The van der Waals surface area contributed by atoms with Crippen molar-refractivity contribution in [3.63, 3.8) is 0 Å². The molecule has 0 aliphatic heterocycles. The summed E-state index contributed by atoms with van der Waals surface area (Å²) in [4.78, 5) is 8.49. The fraction of sp³-hybridized carbons (Fsp3) is 0.0769. The van der Waals surface area contributed by atoms with Gasteiger partial charge in [-0.3, -0.25) is 9.54 Å². The zero-order valence-electron chi connectivity index (χ0n) is 10.2. The molecule has 2 heterocycles. The minimum atomic E-state index is -4.18. The lowest BCUT2D eigenvalue weighted by atomic mass is 10.1. The summed E-state index contributed by atoms with van der Waals surface area (Å²) >= 11 is 0. The summed E-state index contributed by atoms with van der Waals surface area (Å²) < 4.78 is 33.5. The van der Waals surface area contributed by atoms with E-state index < -0.39 is 10.1 Å². The molecular weight excluding hydrogens is 278 g/mol. The SMILES string of the molecule is O=S(=O)(O)c1ccc2c(c1)Cc1c-2ncc2nccn12. The molecule has 1 aromatic carbocycles. The van der Waals surface area contributed by atoms with Gasteiger partial charge in [0.1, 0.15) is 0 Å². The first-order chi connectivity index (χ1) is 9.54. The van der Waals surface area contributed by atoms with Crippen LogP contribution in [0.4, 0.5) is 0 Å². The van der Waals surface area contributed by atoms with Gasteiger partial charge in [0, 0.05) is 24.4 Å². The lowest BCUT2D eigenvalue weighted by molar-refractivity contribution is 0.483. The van der Waals surface area contributed by atoms with Crippen LogP contribution in [0.25, 0.3) is 16.9 Å². The number of imidazole rings is 1. The monoisotopic (exact) mass is 287 g/mol. The van der Waals surface area contributed by atoms with Gasteiger partial charge in [-0.05, 0) is 17.7 Å². The smallest absolute Gasteiger partial charge is 0.294 e. The Hall–Kier alpha value is -2.25. The molecule has 3 aromatic rings. The van der Waals surface area contributed by atoms with Crippen molar-refractivity contribution in [3.05, 3.63) is 48.0 Å². The van der Waals surface area contributed by atoms with Gasteiger partial charge in [-0.2, -0.15) is 8.42 Å².